The third-order valence-electron chi connectivity index (χ3n) is 7.61. The van der Waals surface area contributed by atoms with Gasteiger partial charge in [-0.05, 0) is 45.7 Å². The first-order valence-electron chi connectivity index (χ1n) is 13.3. The lowest BCUT2D eigenvalue weighted by Crippen LogP contribution is -2.42. The topological polar surface area (TPSA) is 102 Å². The molecule has 2 atom stereocenters. The van der Waals surface area contributed by atoms with Crippen molar-refractivity contribution in [3.05, 3.63) is 51.2 Å². The molecule has 4 heterocycles. The molecule has 38 heavy (non-hydrogen) atoms. The van der Waals surface area contributed by atoms with Gasteiger partial charge >= 0.3 is 0 Å². The SMILES string of the molecule is Cc1c(CN2CCOCC2)n(C(C)C)c2c(C)c(-c3nc(N[C@@H]4CCOC[C@H]4O)ncc3F)ccc2c1=O. The average molecular weight is 526 g/mol. The number of nitrogens with one attached hydrogen (secondary N) is 1. The minimum Gasteiger partial charge on any atom is -0.389 e. The molecule has 0 saturated carbocycles. The Morgan fingerprint density at radius 3 is 2.63 bits per heavy atom. The second kappa shape index (κ2) is 11.1. The molecule has 1 aromatic carbocycles. The smallest absolute Gasteiger partial charge is 0.223 e. The van der Waals surface area contributed by atoms with Crippen molar-refractivity contribution in [1.29, 1.82) is 0 Å². The zero-order valence-electron chi connectivity index (χ0n) is 22.5. The van der Waals surface area contributed by atoms with Gasteiger partial charge in [0.15, 0.2) is 11.2 Å². The second-order valence-electron chi connectivity index (χ2n) is 10.5. The van der Waals surface area contributed by atoms with Gasteiger partial charge in [0.2, 0.25) is 5.95 Å². The van der Waals surface area contributed by atoms with Crippen molar-refractivity contribution in [3.8, 4) is 11.3 Å². The Balaban J connectivity index is 1.62. The molecular weight excluding hydrogens is 489 g/mol. The second-order valence-corrected chi connectivity index (χ2v) is 10.5. The summed E-state index contributed by atoms with van der Waals surface area (Å²) in [5, 5.41) is 14.0. The molecule has 5 rings (SSSR count). The summed E-state index contributed by atoms with van der Waals surface area (Å²) < 4.78 is 28.2. The molecule has 2 aromatic heterocycles. The summed E-state index contributed by atoms with van der Waals surface area (Å²) in [5.74, 6) is -0.311. The van der Waals surface area contributed by atoms with Crippen molar-refractivity contribution < 1.29 is 19.0 Å². The standard InChI is InChI=1S/C28H36FN5O4/c1-16(2)34-23(14-33-8-11-37-12-9-33)18(4)27(36)20-6-5-19(17(3)26(20)34)25-21(29)13-30-28(32-25)31-22-7-10-38-15-24(22)35/h5-6,13,16,22,24,35H,7-12,14-15H2,1-4H3,(H,30,31,32)/t22-,24-/m1/s1. The van der Waals surface area contributed by atoms with Crippen LogP contribution < -0.4 is 10.7 Å². The van der Waals surface area contributed by atoms with E-state index in [2.05, 4.69) is 38.6 Å². The normalized spacial score (nSPS) is 20.8. The fourth-order valence-corrected chi connectivity index (χ4v) is 5.52. The Hall–Kier alpha value is -2.92. The quantitative estimate of drug-likeness (QED) is 0.506. The lowest BCUT2D eigenvalue weighted by molar-refractivity contribution is -0.0136. The number of rotatable bonds is 6. The number of halogens is 1. The molecular formula is C28H36FN5O4. The third kappa shape index (κ3) is 5.05. The molecule has 0 radical (unpaired) electrons. The van der Waals surface area contributed by atoms with Crippen LogP contribution in [0.1, 0.15) is 43.1 Å². The van der Waals surface area contributed by atoms with Gasteiger partial charge in [0, 0.05) is 54.5 Å². The van der Waals surface area contributed by atoms with Crippen LogP contribution in [0.15, 0.2) is 23.1 Å². The van der Waals surface area contributed by atoms with E-state index in [4.69, 9.17) is 9.47 Å². The van der Waals surface area contributed by atoms with Crippen LogP contribution in [0.5, 0.6) is 0 Å². The van der Waals surface area contributed by atoms with Crippen LogP contribution in [-0.2, 0) is 16.0 Å². The summed E-state index contributed by atoms with van der Waals surface area (Å²) in [4.78, 5) is 24.5. The van der Waals surface area contributed by atoms with E-state index in [9.17, 15) is 9.90 Å². The van der Waals surface area contributed by atoms with Crippen molar-refractivity contribution in [2.45, 2.75) is 58.8 Å². The molecule has 0 aliphatic carbocycles. The van der Waals surface area contributed by atoms with E-state index in [1.165, 1.54) is 0 Å². The molecule has 2 fully saturated rings. The van der Waals surface area contributed by atoms with Crippen molar-refractivity contribution in [2.75, 3.05) is 44.8 Å². The van der Waals surface area contributed by atoms with Crippen LogP contribution in [0, 0.1) is 19.7 Å². The number of hydrogen-bond acceptors (Lipinski definition) is 8. The van der Waals surface area contributed by atoms with Gasteiger partial charge in [-0.2, -0.15) is 0 Å². The molecule has 10 heteroatoms. The number of anilines is 1. The zero-order chi connectivity index (χ0) is 27.0. The number of ether oxygens (including phenoxy) is 2. The van der Waals surface area contributed by atoms with E-state index in [0.717, 1.165) is 41.6 Å². The fraction of sp³-hybridized carbons (Fsp3) is 0.536. The van der Waals surface area contributed by atoms with Crippen LogP contribution >= 0.6 is 0 Å². The Morgan fingerprint density at radius 1 is 1.16 bits per heavy atom. The van der Waals surface area contributed by atoms with Crippen LogP contribution in [0.4, 0.5) is 10.3 Å². The average Bonchev–Trinajstić information content (AvgIpc) is 2.90. The van der Waals surface area contributed by atoms with Gasteiger partial charge in [-0.3, -0.25) is 9.69 Å². The Bertz CT molecular complexity index is 1390. The van der Waals surface area contributed by atoms with E-state index in [1.807, 2.05) is 13.8 Å². The highest BCUT2D eigenvalue weighted by Gasteiger charge is 2.26. The van der Waals surface area contributed by atoms with Gasteiger partial charge in [0.25, 0.3) is 0 Å². The molecule has 2 aliphatic heterocycles. The van der Waals surface area contributed by atoms with E-state index in [0.29, 0.717) is 43.7 Å². The molecule has 2 aliphatic rings. The Kier molecular flexibility index (Phi) is 7.76. The number of nitrogens with zero attached hydrogens (tertiary/aromatic N) is 4. The number of morpholine rings is 1. The minimum absolute atomic E-state index is 0.00571. The first kappa shape index (κ1) is 26.7. The van der Waals surface area contributed by atoms with Gasteiger partial charge in [-0.1, -0.05) is 6.07 Å². The van der Waals surface area contributed by atoms with Crippen LogP contribution in [0.3, 0.4) is 0 Å². The van der Waals surface area contributed by atoms with Gasteiger partial charge in [-0.15, -0.1) is 0 Å². The number of pyridine rings is 1. The zero-order valence-corrected chi connectivity index (χ0v) is 22.5. The van der Waals surface area contributed by atoms with Crippen LogP contribution in [0.2, 0.25) is 0 Å². The molecule has 204 valence electrons. The molecule has 0 unspecified atom stereocenters. The molecule has 0 amide bonds. The molecule has 0 bridgehead atoms. The largest absolute Gasteiger partial charge is 0.389 e. The number of aromatic nitrogens is 3. The fourth-order valence-electron chi connectivity index (χ4n) is 5.52. The van der Waals surface area contributed by atoms with Crippen molar-refractivity contribution in [3.63, 3.8) is 0 Å². The first-order valence-corrected chi connectivity index (χ1v) is 13.3. The molecule has 9 nitrogen and oxygen atoms in total. The van der Waals surface area contributed by atoms with Gasteiger partial charge in [0.1, 0.15) is 5.69 Å². The highest BCUT2D eigenvalue weighted by molar-refractivity contribution is 5.89. The minimum atomic E-state index is -0.697. The summed E-state index contributed by atoms with van der Waals surface area (Å²) in [6.07, 6.45) is 1.05. The highest BCUT2D eigenvalue weighted by Crippen LogP contribution is 2.33. The summed E-state index contributed by atoms with van der Waals surface area (Å²) >= 11 is 0. The van der Waals surface area contributed by atoms with Crippen molar-refractivity contribution in [1.82, 2.24) is 19.4 Å². The number of aliphatic hydroxyl groups is 1. The number of aryl methyl sites for hydroxylation is 1. The van der Waals surface area contributed by atoms with E-state index in [-0.39, 0.29) is 35.8 Å². The predicted octanol–water partition coefficient (Wildman–Crippen LogP) is 3.19. The molecule has 2 N–H and O–H groups in total. The summed E-state index contributed by atoms with van der Waals surface area (Å²) in [5.41, 5.74) is 4.03. The van der Waals surface area contributed by atoms with Crippen LogP contribution in [0.25, 0.3) is 22.2 Å². The molecule has 3 aromatic rings. The monoisotopic (exact) mass is 525 g/mol. The first-order chi connectivity index (χ1) is 18.3. The highest BCUT2D eigenvalue weighted by atomic mass is 19.1. The van der Waals surface area contributed by atoms with Crippen LogP contribution in [-0.4, -0.2) is 76.2 Å². The lowest BCUT2D eigenvalue weighted by atomic mass is 9.97. The van der Waals surface area contributed by atoms with E-state index in [1.54, 1.807) is 12.1 Å². The van der Waals surface area contributed by atoms with Crippen molar-refractivity contribution >= 4 is 16.9 Å². The third-order valence-corrected chi connectivity index (χ3v) is 7.61. The number of fused-ring (bicyclic) bond motifs is 1. The Labute approximate surface area is 221 Å². The maximum Gasteiger partial charge on any atom is 0.223 e. The summed E-state index contributed by atoms with van der Waals surface area (Å²) in [7, 11) is 0. The number of benzene rings is 1. The van der Waals surface area contributed by atoms with Gasteiger partial charge in [-0.25, -0.2) is 14.4 Å². The number of hydrogen-bond donors (Lipinski definition) is 2. The van der Waals surface area contributed by atoms with Gasteiger partial charge < -0.3 is 24.5 Å². The maximum atomic E-state index is 15.2. The van der Waals surface area contributed by atoms with Crippen molar-refractivity contribution in [2.24, 2.45) is 0 Å². The van der Waals surface area contributed by atoms with Gasteiger partial charge in [0.05, 0.1) is 43.7 Å². The summed E-state index contributed by atoms with van der Waals surface area (Å²) in [6, 6.07) is 3.34. The van der Waals surface area contributed by atoms with E-state index >= 15 is 4.39 Å². The summed E-state index contributed by atoms with van der Waals surface area (Å²) in [6.45, 7) is 12.4. The predicted molar refractivity (Wildman–Crippen MR) is 144 cm³/mol. The molecule has 0 spiro atoms. The maximum absolute atomic E-state index is 15.2. The lowest BCUT2D eigenvalue weighted by Gasteiger charge is -2.31. The Morgan fingerprint density at radius 2 is 1.92 bits per heavy atom. The number of aliphatic hydroxyl groups excluding tert-OH is 1. The van der Waals surface area contributed by atoms with E-state index < -0.39 is 11.9 Å². The molecule has 2 saturated heterocycles.